The minimum Gasteiger partial charge on any atom is -0.504 e. The predicted molar refractivity (Wildman–Crippen MR) is 123 cm³/mol. The standard InChI is InChI=1S/C25H24F2N2O6/c1-11(2)35-24(34)13-9-29(23(33)15-20(30)17(26)18(27)22(32)21(15)31)10-25(3,4)16-12-7-5-6-8-14(12)28-19(13)16/h5-9,11,28,30-32H,10H2,1-4H3. The number of ether oxygens (including phenoxy) is 1. The Bertz CT molecular complexity index is 1380. The number of nitrogens with zero attached hydrogens (tertiary/aromatic N) is 1. The molecular formula is C25H24F2N2O6. The molecule has 0 saturated carbocycles. The largest absolute Gasteiger partial charge is 0.504 e. The van der Waals surface area contributed by atoms with Crippen LogP contribution in [0.3, 0.4) is 0 Å². The highest BCUT2D eigenvalue weighted by Crippen LogP contribution is 2.44. The second kappa shape index (κ2) is 8.30. The van der Waals surface area contributed by atoms with Gasteiger partial charge in [-0.05, 0) is 25.5 Å². The van der Waals surface area contributed by atoms with Crippen molar-refractivity contribution in [3.05, 3.63) is 58.9 Å². The third-order valence-electron chi connectivity index (χ3n) is 5.85. The molecule has 4 rings (SSSR count). The third-order valence-corrected chi connectivity index (χ3v) is 5.85. The van der Waals surface area contributed by atoms with Crippen LogP contribution in [0.4, 0.5) is 8.78 Å². The average molecular weight is 486 g/mol. The van der Waals surface area contributed by atoms with Crippen LogP contribution in [0, 0.1) is 11.6 Å². The zero-order valence-electron chi connectivity index (χ0n) is 19.4. The van der Waals surface area contributed by atoms with Gasteiger partial charge >= 0.3 is 5.97 Å². The van der Waals surface area contributed by atoms with E-state index in [1.807, 2.05) is 38.1 Å². The Labute approximate surface area is 199 Å². The highest BCUT2D eigenvalue weighted by molar-refractivity contribution is 6.18. The van der Waals surface area contributed by atoms with Gasteiger partial charge in [0.25, 0.3) is 5.91 Å². The number of aromatic hydroxyl groups is 3. The first-order chi connectivity index (χ1) is 16.3. The summed E-state index contributed by atoms with van der Waals surface area (Å²) >= 11 is 0. The third kappa shape index (κ3) is 3.84. The number of aromatic amines is 1. The zero-order valence-corrected chi connectivity index (χ0v) is 19.4. The van der Waals surface area contributed by atoms with Crippen LogP contribution >= 0.6 is 0 Å². The zero-order chi connectivity index (χ0) is 25.8. The summed E-state index contributed by atoms with van der Waals surface area (Å²) in [5, 5.41) is 30.8. The van der Waals surface area contributed by atoms with Gasteiger partial charge in [0, 0.05) is 29.1 Å². The van der Waals surface area contributed by atoms with E-state index in [2.05, 4.69) is 4.98 Å². The molecule has 2 heterocycles. The summed E-state index contributed by atoms with van der Waals surface area (Å²) in [6.07, 6.45) is 0.695. The number of phenols is 3. The minimum absolute atomic E-state index is 0.0189. The Hall–Kier alpha value is -4.08. The number of fused-ring (bicyclic) bond motifs is 3. The van der Waals surface area contributed by atoms with Crippen molar-refractivity contribution in [2.24, 2.45) is 0 Å². The highest BCUT2D eigenvalue weighted by atomic mass is 19.2. The van der Waals surface area contributed by atoms with Crippen LogP contribution in [0.2, 0.25) is 0 Å². The number of nitrogens with one attached hydrogen (secondary N) is 1. The van der Waals surface area contributed by atoms with E-state index in [0.717, 1.165) is 21.4 Å². The molecule has 0 fully saturated rings. The van der Waals surface area contributed by atoms with Crippen molar-refractivity contribution in [1.29, 1.82) is 0 Å². The molecule has 1 aromatic heterocycles. The van der Waals surface area contributed by atoms with Crippen LogP contribution in [0.5, 0.6) is 17.2 Å². The lowest BCUT2D eigenvalue weighted by Crippen LogP contribution is -2.37. The maximum absolute atomic E-state index is 14.1. The van der Waals surface area contributed by atoms with Gasteiger partial charge < -0.3 is 29.9 Å². The number of rotatable bonds is 3. The van der Waals surface area contributed by atoms with E-state index in [4.69, 9.17) is 4.74 Å². The summed E-state index contributed by atoms with van der Waals surface area (Å²) in [6.45, 7) is 6.87. The summed E-state index contributed by atoms with van der Waals surface area (Å²) in [7, 11) is 0. The molecule has 8 nitrogen and oxygen atoms in total. The van der Waals surface area contributed by atoms with E-state index in [9.17, 15) is 33.7 Å². The number of hydrogen-bond donors (Lipinski definition) is 4. The molecule has 1 aliphatic rings. The predicted octanol–water partition coefficient (Wildman–Crippen LogP) is 4.29. The van der Waals surface area contributed by atoms with Crippen LogP contribution in [0.15, 0.2) is 30.5 Å². The second-order valence-electron chi connectivity index (χ2n) is 9.28. The first kappa shape index (κ1) is 24.1. The van der Waals surface area contributed by atoms with Crippen molar-refractivity contribution >= 4 is 28.4 Å². The van der Waals surface area contributed by atoms with E-state index >= 15 is 0 Å². The van der Waals surface area contributed by atoms with Gasteiger partial charge in [0.1, 0.15) is 5.56 Å². The molecule has 0 saturated heterocycles. The van der Waals surface area contributed by atoms with Crippen molar-refractivity contribution in [2.75, 3.05) is 6.54 Å². The quantitative estimate of drug-likeness (QED) is 0.249. The lowest BCUT2D eigenvalue weighted by atomic mass is 9.81. The fraction of sp³-hybridized carbons (Fsp3) is 0.280. The van der Waals surface area contributed by atoms with Gasteiger partial charge in [-0.3, -0.25) is 4.79 Å². The van der Waals surface area contributed by atoms with Gasteiger partial charge in [0.2, 0.25) is 11.6 Å². The molecule has 0 radical (unpaired) electrons. The molecule has 0 bridgehead atoms. The van der Waals surface area contributed by atoms with E-state index in [1.54, 1.807) is 13.8 Å². The fourth-order valence-electron chi connectivity index (χ4n) is 4.38. The van der Waals surface area contributed by atoms with Crippen molar-refractivity contribution in [3.63, 3.8) is 0 Å². The molecule has 3 aromatic rings. The smallest absolute Gasteiger partial charge is 0.342 e. The van der Waals surface area contributed by atoms with Gasteiger partial charge in [-0.2, -0.15) is 8.78 Å². The molecule has 4 N–H and O–H groups in total. The van der Waals surface area contributed by atoms with Gasteiger partial charge in [-0.15, -0.1) is 0 Å². The molecule has 35 heavy (non-hydrogen) atoms. The van der Waals surface area contributed by atoms with Gasteiger partial charge in [-0.1, -0.05) is 32.0 Å². The first-order valence-electron chi connectivity index (χ1n) is 10.8. The van der Waals surface area contributed by atoms with Crippen LogP contribution in [0.1, 0.15) is 49.3 Å². The van der Waals surface area contributed by atoms with Crippen LogP contribution < -0.4 is 0 Å². The molecule has 10 heteroatoms. The lowest BCUT2D eigenvalue weighted by Gasteiger charge is -2.30. The van der Waals surface area contributed by atoms with Crippen molar-refractivity contribution in [3.8, 4) is 17.2 Å². The number of esters is 1. The van der Waals surface area contributed by atoms with Crippen molar-refractivity contribution < 1.29 is 38.4 Å². The van der Waals surface area contributed by atoms with Crippen LogP contribution in [-0.2, 0) is 14.9 Å². The van der Waals surface area contributed by atoms with E-state index in [-0.39, 0.29) is 12.1 Å². The molecule has 2 aromatic carbocycles. The van der Waals surface area contributed by atoms with E-state index < -0.39 is 57.8 Å². The Morgan fingerprint density at radius 1 is 1.06 bits per heavy atom. The normalized spacial score (nSPS) is 15.1. The summed E-state index contributed by atoms with van der Waals surface area (Å²) in [5.41, 5.74) is 0.0208. The monoisotopic (exact) mass is 486 g/mol. The summed E-state index contributed by atoms with van der Waals surface area (Å²) in [6, 6.07) is 7.36. The van der Waals surface area contributed by atoms with Crippen molar-refractivity contribution in [2.45, 2.75) is 39.2 Å². The fourth-order valence-corrected chi connectivity index (χ4v) is 4.38. The van der Waals surface area contributed by atoms with E-state index in [1.165, 1.54) is 6.20 Å². The summed E-state index contributed by atoms with van der Waals surface area (Å²) in [4.78, 5) is 30.7. The number of amides is 1. The number of phenolic OH excluding ortho intramolecular Hbond substituents is 3. The topological polar surface area (TPSA) is 123 Å². The molecule has 0 aliphatic carbocycles. The Morgan fingerprint density at radius 3 is 2.34 bits per heavy atom. The Kier molecular flexibility index (Phi) is 5.70. The minimum atomic E-state index is -1.90. The Balaban J connectivity index is 1.95. The van der Waals surface area contributed by atoms with Crippen molar-refractivity contribution in [1.82, 2.24) is 9.88 Å². The molecule has 0 atom stereocenters. The molecule has 1 aliphatic heterocycles. The maximum atomic E-state index is 14.1. The number of benzene rings is 2. The number of halogens is 2. The molecule has 0 spiro atoms. The molecule has 1 amide bonds. The highest BCUT2D eigenvalue weighted by Gasteiger charge is 2.39. The number of carbonyl (C=O) groups is 2. The summed E-state index contributed by atoms with van der Waals surface area (Å²) < 4.78 is 33.3. The van der Waals surface area contributed by atoms with Gasteiger partial charge in [-0.25, -0.2) is 4.79 Å². The SMILES string of the molecule is CC(C)OC(=O)C1=CN(C(=O)c2c(O)c(O)c(F)c(F)c2O)CC(C)(C)c2c1[nH]c1ccccc21. The van der Waals surface area contributed by atoms with Gasteiger partial charge in [0.05, 0.1) is 17.4 Å². The molecule has 184 valence electrons. The second-order valence-corrected chi connectivity index (χ2v) is 9.28. The number of H-pyrrole nitrogens is 1. The first-order valence-corrected chi connectivity index (χ1v) is 10.8. The maximum Gasteiger partial charge on any atom is 0.342 e. The van der Waals surface area contributed by atoms with Crippen LogP contribution in [0.25, 0.3) is 16.5 Å². The van der Waals surface area contributed by atoms with Gasteiger partial charge in [0.15, 0.2) is 17.2 Å². The van der Waals surface area contributed by atoms with Crippen LogP contribution in [-0.4, -0.2) is 49.7 Å². The van der Waals surface area contributed by atoms with E-state index in [0.29, 0.717) is 5.69 Å². The number of aromatic nitrogens is 1. The number of carbonyl (C=O) groups excluding carboxylic acids is 2. The number of hydrogen-bond acceptors (Lipinski definition) is 6. The Morgan fingerprint density at radius 2 is 1.69 bits per heavy atom. The average Bonchev–Trinajstić information content (AvgIpc) is 3.13. The number of para-hydroxylation sites is 1. The summed E-state index contributed by atoms with van der Waals surface area (Å²) in [5.74, 6) is -10.00. The lowest BCUT2D eigenvalue weighted by molar-refractivity contribution is -0.140. The molecular weight excluding hydrogens is 462 g/mol. The molecule has 0 unspecified atom stereocenters.